The molecule has 9 nitrogen and oxygen atoms in total. The van der Waals surface area contributed by atoms with Gasteiger partial charge >= 0.3 is 0 Å². The third-order valence-electron chi connectivity index (χ3n) is 7.22. The molecule has 3 amide bonds. The maximum absolute atomic E-state index is 13.8. The number of rotatable bonds is 8. The first-order chi connectivity index (χ1) is 19.3. The number of fused-ring (bicyclic) bond motifs is 1. The molecule has 2 aromatic heterocycles. The van der Waals surface area contributed by atoms with Gasteiger partial charge in [0.2, 0.25) is 11.8 Å². The number of likely N-dealkylation sites (N-methyl/N-ethyl adjacent to an activating group) is 1. The summed E-state index contributed by atoms with van der Waals surface area (Å²) in [4.78, 5) is 50.7. The van der Waals surface area contributed by atoms with Crippen LogP contribution in [0.1, 0.15) is 27.9 Å². The summed E-state index contributed by atoms with van der Waals surface area (Å²) in [6.45, 7) is 0.278. The van der Waals surface area contributed by atoms with Gasteiger partial charge in [0, 0.05) is 73.1 Å². The molecule has 1 saturated heterocycles. The van der Waals surface area contributed by atoms with Crippen LogP contribution in [0.4, 0.5) is 0 Å². The van der Waals surface area contributed by atoms with Gasteiger partial charge in [0.25, 0.3) is 5.91 Å². The fraction of sp³-hybridized carbons (Fsp3) is 0.267. The molecule has 40 heavy (non-hydrogen) atoms. The van der Waals surface area contributed by atoms with Gasteiger partial charge in [-0.15, -0.1) is 0 Å². The van der Waals surface area contributed by atoms with E-state index < -0.39 is 24.1 Å². The second-order valence-corrected chi connectivity index (χ2v) is 10.4. The molecule has 0 bridgehead atoms. The number of hydrogen-bond acceptors (Lipinski definition) is 5. The number of halogens is 1. The second-order valence-electron chi connectivity index (χ2n) is 10.0. The lowest BCUT2D eigenvalue weighted by Crippen LogP contribution is -2.54. The number of carbonyl (C=O) groups excluding carboxylic acids is 3. The van der Waals surface area contributed by atoms with Crippen molar-refractivity contribution in [2.24, 2.45) is 0 Å². The summed E-state index contributed by atoms with van der Waals surface area (Å²) in [5, 5.41) is 14.8. The number of nitrogens with zero attached hydrogens (tertiary/aromatic N) is 3. The standard InChI is InChI=1S/C30H30ClN5O4/c1-35(17-20-6-2-4-8-24(20)31)30(40)26(14-21-16-33-25-9-5-3-7-23(21)25)34-28(38)27-15-22(37)18-36(27)29(39)19-10-12-32-13-11-19/h2-13,16,22,26-27,33,37H,14-15,17-18H2,1H3,(H,34,38)/t22-,26?,27?/m1/s1. The van der Waals surface area contributed by atoms with Crippen LogP contribution in [0.25, 0.3) is 10.9 Å². The minimum Gasteiger partial charge on any atom is -0.391 e. The summed E-state index contributed by atoms with van der Waals surface area (Å²) in [5.74, 6) is -1.18. The fourth-order valence-corrected chi connectivity index (χ4v) is 5.36. The Kier molecular flexibility index (Phi) is 8.14. The number of hydrogen-bond donors (Lipinski definition) is 3. The van der Waals surface area contributed by atoms with Crippen molar-refractivity contribution in [3.05, 3.63) is 101 Å². The molecule has 2 aromatic carbocycles. The molecule has 0 aliphatic carbocycles. The van der Waals surface area contributed by atoms with Gasteiger partial charge in [-0.05, 0) is 35.4 Å². The first kappa shape index (κ1) is 27.4. The third-order valence-corrected chi connectivity index (χ3v) is 7.59. The van der Waals surface area contributed by atoms with Crippen LogP contribution in [-0.4, -0.2) is 74.4 Å². The maximum atomic E-state index is 13.8. The first-order valence-corrected chi connectivity index (χ1v) is 13.4. The Bertz CT molecular complexity index is 1520. The third kappa shape index (κ3) is 5.85. The van der Waals surface area contributed by atoms with Crippen molar-refractivity contribution in [1.82, 2.24) is 25.1 Å². The van der Waals surface area contributed by atoms with Crippen molar-refractivity contribution in [2.45, 2.75) is 37.6 Å². The molecule has 0 radical (unpaired) electrons. The fourth-order valence-electron chi connectivity index (χ4n) is 5.16. The predicted molar refractivity (Wildman–Crippen MR) is 152 cm³/mol. The number of carbonyl (C=O) groups is 3. The molecular formula is C30H30ClN5O4. The first-order valence-electron chi connectivity index (χ1n) is 13.0. The number of aromatic amines is 1. The van der Waals surface area contributed by atoms with Gasteiger partial charge in [-0.3, -0.25) is 19.4 Å². The van der Waals surface area contributed by atoms with Gasteiger partial charge in [-0.2, -0.15) is 0 Å². The van der Waals surface area contributed by atoms with Crippen LogP contribution >= 0.6 is 11.6 Å². The maximum Gasteiger partial charge on any atom is 0.254 e. The number of β-amino-alcohol motifs (C(OH)–C–C–N with tert-alkyl or cyclic N) is 1. The monoisotopic (exact) mass is 559 g/mol. The van der Waals surface area contributed by atoms with E-state index in [0.29, 0.717) is 10.6 Å². The molecule has 1 aliphatic heterocycles. The van der Waals surface area contributed by atoms with E-state index in [1.165, 1.54) is 22.2 Å². The highest BCUT2D eigenvalue weighted by molar-refractivity contribution is 6.31. The van der Waals surface area contributed by atoms with E-state index in [-0.39, 0.29) is 37.7 Å². The average molecular weight is 560 g/mol. The van der Waals surface area contributed by atoms with Gasteiger partial charge < -0.3 is 25.2 Å². The molecule has 3 atom stereocenters. The SMILES string of the molecule is CN(Cc1ccccc1Cl)C(=O)C(Cc1c[nH]c2ccccc12)NC(=O)C1C[C@@H](O)CN1C(=O)c1ccncc1. The predicted octanol–water partition coefficient (Wildman–Crippen LogP) is 3.18. The molecule has 3 heterocycles. The number of likely N-dealkylation sites (tertiary alicyclic amines) is 1. The summed E-state index contributed by atoms with van der Waals surface area (Å²) in [5.41, 5.74) is 2.95. The van der Waals surface area contributed by atoms with Crippen LogP contribution in [0.2, 0.25) is 5.02 Å². The Morgan fingerprint density at radius 3 is 2.60 bits per heavy atom. The molecule has 206 valence electrons. The van der Waals surface area contributed by atoms with E-state index in [9.17, 15) is 19.5 Å². The Labute approximate surface area is 236 Å². The lowest BCUT2D eigenvalue weighted by atomic mass is 10.0. The lowest BCUT2D eigenvalue weighted by molar-refractivity contribution is -0.136. The molecule has 0 saturated carbocycles. The average Bonchev–Trinajstić information content (AvgIpc) is 3.57. The van der Waals surface area contributed by atoms with Crippen LogP contribution in [0.15, 0.2) is 79.3 Å². The topological polar surface area (TPSA) is 119 Å². The minimum atomic E-state index is -0.928. The number of benzene rings is 2. The van der Waals surface area contributed by atoms with E-state index in [4.69, 9.17) is 11.6 Å². The minimum absolute atomic E-state index is 0.0205. The van der Waals surface area contributed by atoms with Crippen LogP contribution in [0.5, 0.6) is 0 Å². The van der Waals surface area contributed by atoms with Crippen molar-refractivity contribution >= 4 is 40.2 Å². The number of H-pyrrole nitrogens is 1. The van der Waals surface area contributed by atoms with Gasteiger partial charge in [0.1, 0.15) is 12.1 Å². The number of amides is 3. The van der Waals surface area contributed by atoms with Crippen LogP contribution < -0.4 is 5.32 Å². The largest absolute Gasteiger partial charge is 0.391 e. The van der Waals surface area contributed by atoms with E-state index in [1.54, 1.807) is 25.2 Å². The number of aromatic nitrogens is 2. The van der Waals surface area contributed by atoms with Crippen molar-refractivity contribution in [3.63, 3.8) is 0 Å². The van der Waals surface area contributed by atoms with Crippen molar-refractivity contribution in [1.29, 1.82) is 0 Å². The molecule has 0 spiro atoms. The zero-order valence-electron chi connectivity index (χ0n) is 22.0. The quantitative estimate of drug-likeness (QED) is 0.306. The van der Waals surface area contributed by atoms with Crippen LogP contribution in [0, 0.1) is 0 Å². The highest BCUT2D eigenvalue weighted by atomic mass is 35.5. The van der Waals surface area contributed by atoms with E-state index >= 15 is 0 Å². The smallest absolute Gasteiger partial charge is 0.254 e. The number of pyridine rings is 1. The van der Waals surface area contributed by atoms with Crippen molar-refractivity contribution in [3.8, 4) is 0 Å². The molecule has 10 heteroatoms. The Balaban J connectivity index is 1.40. The summed E-state index contributed by atoms with van der Waals surface area (Å²) in [6, 6.07) is 16.3. The zero-order chi connectivity index (χ0) is 28.2. The van der Waals surface area contributed by atoms with Crippen LogP contribution in [0.3, 0.4) is 0 Å². The summed E-state index contributed by atoms with van der Waals surface area (Å²) in [6.07, 6.45) is 4.29. The number of aliphatic hydroxyl groups excluding tert-OH is 1. The van der Waals surface area contributed by atoms with E-state index in [0.717, 1.165) is 22.0 Å². The van der Waals surface area contributed by atoms with Crippen molar-refractivity contribution < 1.29 is 19.5 Å². The molecular weight excluding hydrogens is 530 g/mol. The summed E-state index contributed by atoms with van der Waals surface area (Å²) >= 11 is 6.34. The van der Waals surface area contributed by atoms with Gasteiger partial charge in [0.15, 0.2) is 0 Å². The molecule has 3 N–H and O–H groups in total. The van der Waals surface area contributed by atoms with Gasteiger partial charge in [-0.1, -0.05) is 48.0 Å². The normalized spacial score (nSPS) is 17.5. The number of nitrogens with one attached hydrogen (secondary N) is 2. The lowest BCUT2D eigenvalue weighted by Gasteiger charge is -2.28. The second kappa shape index (κ2) is 11.9. The molecule has 2 unspecified atom stereocenters. The van der Waals surface area contributed by atoms with Gasteiger partial charge in [-0.25, -0.2) is 0 Å². The van der Waals surface area contributed by atoms with E-state index in [2.05, 4.69) is 15.3 Å². The summed E-state index contributed by atoms with van der Waals surface area (Å²) < 4.78 is 0. The molecule has 1 aliphatic rings. The molecule has 5 rings (SSSR count). The Hall–Kier alpha value is -4.21. The number of aliphatic hydroxyl groups is 1. The van der Waals surface area contributed by atoms with Gasteiger partial charge in [0.05, 0.1) is 6.10 Å². The highest BCUT2D eigenvalue weighted by Gasteiger charge is 2.40. The highest BCUT2D eigenvalue weighted by Crippen LogP contribution is 2.24. The summed E-state index contributed by atoms with van der Waals surface area (Å²) in [7, 11) is 1.67. The Morgan fingerprint density at radius 1 is 1.10 bits per heavy atom. The molecule has 4 aromatic rings. The van der Waals surface area contributed by atoms with Crippen LogP contribution in [-0.2, 0) is 22.6 Å². The van der Waals surface area contributed by atoms with Crippen molar-refractivity contribution in [2.75, 3.05) is 13.6 Å². The number of para-hydroxylation sites is 1. The van der Waals surface area contributed by atoms with E-state index in [1.807, 2.05) is 48.7 Å². The molecule has 1 fully saturated rings. The Morgan fingerprint density at radius 2 is 1.82 bits per heavy atom. The zero-order valence-corrected chi connectivity index (χ0v) is 22.7.